The normalized spacial score (nSPS) is 22.8. The van der Waals surface area contributed by atoms with Gasteiger partial charge in [-0.2, -0.15) is 8.78 Å². The number of rotatable bonds is 4. The molecule has 1 heterocycles. The van der Waals surface area contributed by atoms with Gasteiger partial charge in [0.05, 0.1) is 19.3 Å². The molecule has 116 valence electrons. The van der Waals surface area contributed by atoms with Crippen molar-refractivity contribution in [3.05, 3.63) is 35.9 Å². The number of alkyl halides is 2. The predicted octanol–water partition coefficient (Wildman–Crippen LogP) is 3.48. The molecular formula is C16H20F2O3. The largest absolute Gasteiger partial charge is 0.372 e. The number of halogens is 2. The van der Waals surface area contributed by atoms with E-state index >= 15 is 0 Å². The van der Waals surface area contributed by atoms with Crippen molar-refractivity contribution in [3.63, 3.8) is 0 Å². The molecule has 1 aromatic carbocycles. The molecule has 5 heteroatoms. The van der Waals surface area contributed by atoms with E-state index in [0.29, 0.717) is 38.9 Å². The zero-order chi connectivity index (χ0) is 14.8. The molecule has 1 saturated carbocycles. The average Bonchev–Trinajstić information content (AvgIpc) is 2.96. The van der Waals surface area contributed by atoms with Crippen molar-refractivity contribution in [2.24, 2.45) is 0 Å². The van der Waals surface area contributed by atoms with Gasteiger partial charge in [-0.3, -0.25) is 0 Å². The third kappa shape index (κ3) is 3.42. The maximum absolute atomic E-state index is 14.0. The highest BCUT2D eigenvalue weighted by molar-refractivity contribution is 5.19. The zero-order valence-corrected chi connectivity index (χ0v) is 11.9. The molecular weight excluding hydrogens is 278 g/mol. The van der Waals surface area contributed by atoms with Crippen molar-refractivity contribution < 1.29 is 23.0 Å². The average molecular weight is 298 g/mol. The number of ether oxygens (including phenoxy) is 3. The maximum atomic E-state index is 14.0. The Kier molecular flexibility index (Phi) is 4.24. The van der Waals surface area contributed by atoms with Gasteiger partial charge in [0, 0.05) is 18.4 Å². The van der Waals surface area contributed by atoms with E-state index in [-0.39, 0.29) is 11.7 Å². The summed E-state index contributed by atoms with van der Waals surface area (Å²) in [6.45, 7) is 0.672. The van der Waals surface area contributed by atoms with Crippen LogP contribution in [-0.4, -0.2) is 31.7 Å². The summed E-state index contributed by atoms with van der Waals surface area (Å²) in [5, 5.41) is 0. The van der Waals surface area contributed by atoms with E-state index in [1.165, 1.54) is 12.1 Å². The Bertz CT molecular complexity index is 448. The SMILES string of the molecule is FC(F)(COC1CCC2(CC1)OCCO2)c1ccccc1. The van der Waals surface area contributed by atoms with E-state index in [0.717, 1.165) is 0 Å². The van der Waals surface area contributed by atoms with Crippen molar-refractivity contribution in [3.8, 4) is 0 Å². The van der Waals surface area contributed by atoms with E-state index in [2.05, 4.69) is 0 Å². The first-order valence-electron chi connectivity index (χ1n) is 7.43. The number of hydrogen-bond acceptors (Lipinski definition) is 3. The van der Waals surface area contributed by atoms with Gasteiger partial charge in [0.25, 0.3) is 5.92 Å². The molecule has 0 bridgehead atoms. The predicted molar refractivity (Wildman–Crippen MR) is 73.2 cm³/mol. The summed E-state index contributed by atoms with van der Waals surface area (Å²) in [7, 11) is 0. The highest BCUT2D eigenvalue weighted by Crippen LogP contribution is 2.37. The molecule has 0 amide bonds. The van der Waals surface area contributed by atoms with Gasteiger partial charge in [-0.15, -0.1) is 0 Å². The Hall–Kier alpha value is -1.04. The Morgan fingerprint density at radius 3 is 2.33 bits per heavy atom. The monoisotopic (exact) mass is 298 g/mol. The maximum Gasteiger partial charge on any atom is 0.296 e. The fourth-order valence-electron chi connectivity index (χ4n) is 2.97. The number of benzene rings is 1. The molecule has 2 fully saturated rings. The second-order valence-corrected chi connectivity index (χ2v) is 5.69. The lowest BCUT2D eigenvalue weighted by Crippen LogP contribution is -2.38. The molecule has 0 aromatic heterocycles. The Balaban J connectivity index is 1.50. The van der Waals surface area contributed by atoms with Crippen LogP contribution in [-0.2, 0) is 20.1 Å². The molecule has 3 nitrogen and oxygen atoms in total. The molecule has 0 unspecified atom stereocenters. The summed E-state index contributed by atoms with van der Waals surface area (Å²) in [5.74, 6) is -3.42. The molecule has 3 rings (SSSR count). The van der Waals surface area contributed by atoms with Gasteiger partial charge in [-0.05, 0) is 12.8 Å². The molecule has 2 aliphatic rings. The van der Waals surface area contributed by atoms with Crippen molar-refractivity contribution in [1.29, 1.82) is 0 Å². The molecule has 0 N–H and O–H groups in total. The van der Waals surface area contributed by atoms with Crippen LogP contribution in [0.5, 0.6) is 0 Å². The van der Waals surface area contributed by atoms with Gasteiger partial charge in [-0.25, -0.2) is 0 Å². The fraction of sp³-hybridized carbons (Fsp3) is 0.625. The van der Waals surface area contributed by atoms with E-state index in [4.69, 9.17) is 14.2 Å². The van der Waals surface area contributed by atoms with E-state index in [1.807, 2.05) is 0 Å². The Morgan fingerprint density at radius 1 is 1.10 bits per heavy atom. The summed E-state index contributed by atoms with van der Waals surface area (Å²) in [6.07, 6.45) is 2.69. The molecule has 0 radical (unpaired) electrons. The zero-order valence-electron chi connectivity index (χ0n) is 11.9. The first-order chi connectivity index (χ1) is 10.1. The van der Waals surface area contributed by atoms with E-state index in [1.54, 1.807) is 18.2 Å². The van der Waals surface area contributed by atoms with Crippen LogP contribution in [0.15, 0.2) is 30.3 Å². The van der Waals surface area contributed by atoms with Crippen LogP contribution < -0.4 is 0 Å². The van der Waals surface area contributed by atoms with Crippen LogP contribution in [0.4, 0.5) is 8.78 Å². The smallest absolute Gasteiger partial charge is 0.296 e. The molecule has 21 heavy (non-hydrogen) atoms. The van der Waals surface area contributed by atoms with Crippen LogP contribution >= 0.6 is 0 Å². The summed E-state index contributed by atoms with van der Waals surface area (Å²) in [4.78, 5) is 0. The Labute approximate surface area is 123 Å². The van der Waals surface area contributed by atoms with Crippen molar-refractivity contribution in [1.82, 2.24) is 0 Å². The van der Waals surface area contributed by atoms with Gasteiger partial charge in [0.2, 0.25) is 0 Å². The molecule has 1 spiro atoms. The first kappa shape index (κ1) is 14.9. The van der Waals surface area contributed by atoms with Crippen LogP contribution in [0.3, 0.4) is 0 Å². The summed E-state index contributed by atoms with van der Waals surface area (Å²) in [6, 6.07) is 7.81. The fourth-order valence-corrected chi connectivity index (χ4v) is 2.97. The molecule has 1 saturated heterocycles. The molecule has 1 aliphatic heterocycles. The minimum absolute atomic E-state index is 0.000241. The lowest BCUT2D eigenvalue weighted by atomic mass is 9.92. The highest BCUT2D eigenvalue weighted by Gasteiger charge is 2.41. The second kappa shape index (κ2) is 5.99. The topological polar surface area (TPSA) is 27.7 Å². The van der Waals surface area contributed by atoms with Crippen LogP contribution in [0.2, 0.25) is 0 Å². The van der Waals surface area contributed by atoms with E-state index < -0.39 is 18.3 Å². The summed E-state index contributed by atoms with van der Waals surface area (Å²) < 4.78 is 44.7. The van der Waals surface area contributed by atoms with Crippen molar-refractivity contribution in [2.75, 3.05) is 19.8 Å². The van der Waals surface area contributed by atoms with Gasteiger partial charge in [0.1, 0.15) is 6.61 Å². The molecule has 0 atom stereocenters. The third-order valence-electron chi connectivity index (χ3n) is 4.20. The first-order valence-corrected chi connectivity index (χ1v) is 7.43. The van der Waals surface area contributed by atoms with Gasteiger partial charge in [-0.1, -0.05) is 30.3 Å². The molecule has 1 aliphatic carbocycles. The van der Waals surface area contributed by atoms with Crippen LogP contribution in [0, 0.1) is 0 Å². The minimum Gasteiger partial charge on any atom is -0.372 e. The minimum atomic E-state index is -2.95. The highest BCUT2D eigenvalue weighted by atomic mass is 19.3. The summed E-state index contributed by atoms with van der Waals surface area (Å²) in [5.41, 5.74) is -0.000241. The third-order valence-corrected chi connectivity index (χ3v) is 4.20. The van der Waals surface area contributed by atoms with Crippen LogP contribution in [0.25, 0.3) is 0 Å². The lowest BCUT2D eigenvalue weighted by molar-refractivity contribution is -0.198. The van der Waals surface area contributed by atoms with Crippen molar-refractivity contribution in [2.45, 2.75) is 43.5 Å². The van der Waals surface area contributed by atoms with Gasteiger partial charge < -0.3 is 14.2 Å². The lowest BCUT2D eigenvalue weighted by Gasteiger charge is -2.35. The second-order valence-electron chi connectivity index (χ2n) is 5.69. The van der Waals surface area contributed by atoms with Gasteiger partial charge >= 0.3 is 0 Å². The Morgan fingerprint density at radius 2 is 1.71 bits per heavy atom. The summed E-state index contributed by atoms with van der Waals surface area (Å²) >= 11 is 0. The quantitative estimate of drug-likeness (QED) is 0.851. The van der Waals surface area contributed by atoms with Gasteiger partial charge in [0.15, 0.2) is 5.79 Å². The molecule has 1 aromatic rings. The van der Waals surface area contributed by atoms with E-state index in [9.17, 15) is 8.78 Å². The van der Waals surface area contributed by atoms with Crippen LogP contribution in [0.1, 0.15) is 31.2 Å². The standard InChI is InChI=1S/C16H20F2O3/c17-16(18,13-4-2-1-3-5-13)12-19-14-6-8-15(9-7-14)20-10-11-21-15/h1-5,14H,6-12H2. The van der Waals surface area contributed by atoms with Crippen molar-refractivity contribution >= 4 is 0 Å². The number of hydrogen-bond donors (Lipinski definition) is 0.